The van der Waals surface area contributed by atoms with Crippen molar-refractivity contribution < 1.29 is 18.4 Å². The van der Waals surface area contributed by atoms with E-state index >= 15 is 0 Å². The zero-order valence-electron chi connectivity index (χ0n) is 17.4. The lowest BCUT2D eigenvalue weighted by molar-refractivity contribution is 0.177. The minimum Gasteiger partial charge on any atom is -0.303 e. The molecule has 157 valence electrons. The summed E-state index contributed by atoms with van der Waals surface area (Å²) in [6, 6.07) is 18.6. The molecule has 0 unspecified atom stereocenters. The lowest BCUT2D eigenvalue weighted by atomic mass is 10.1. The van der Waals surface area contributed by atoms with Crippen LogP contribution in [-0.4, -0.2) is 18.1 Å². The van der Waals surface area contributed by atoms with E-state index in [1.807, 2.05) is 87.7 Å². The minimum absolute atomic E-state index is 0.171. The molecule has 0 aliphatic heterocycles. The Morgan fingerprint density at radius 1 is 0.931 bits per heavy atom. The summed E-state index contributed by atoms with van der Waals surface area (Å²) < 4.78 is 25.6. The molecule has 2 rings (SSSR count). The molecule has 2 aromatic carbocycles. The van der Waals surface area contributed by atoms with Crippen molar-refractivity contribution in [3.05, 3.63) is 71.8 Å². The van der Waals surface area contributed by atoms with Crippen molar-refractivity contribution in [2.45, 2.75) is 58.7 Å². The highest BCUT2D eigenvalue weighted by atomic mass is 31.2. The average molecular weight is 416 g/mol. The Balaban J connectivity index is 2.17. The molecule has 0 heterocycles. The molecular weight excluding hydrogens is 385 g/mol. The predicted molar refractivity (Wildman–Crippen MR) is 116 cm³/mol. The fourth-order valence-electron chi connectivity index (χ4n) is 2.98. The molecular formula is C23H31NO4P. The van der Waals surface area contributed by atoms with E-state index in [0.29, 0.717) is 18.8 Å². The van der Waals surface area contributed by atoms with Gasteiger partial charge in [-0.15, -0.1) is 0 Å². The van der Waals surface area contributed by atoms with Crippen molar-refractivity contribution in [3.63, 3.8) is 0 Å². The highest BCUT2D eigenvalue weighted by Crippen LogP contribution is 2.54. The van der Waals surface area contributed by atoms with E-state index in [0.717, 1.165) is 11.1 Å². The first-order chi connectivity index (χ1) is 14.0. The summed E-state index contributed by atoms with van der Waals surface area (Å²) in [5.41, 5.74) is 1.82. The van der Waals surface area contributed by atoms with Crippen LogP contribution in [0, 0.1) is 5.92 Å². The van der Waals surface area contributed by atoms with Gasteiger partial charge in [0.1, 0.15) is 5.78 Å². The van der Waals surface area contributed by atoms with Crippen LogP contribution in [-0.2, 0) is 31.6 Å². The molecule has 29 heavy (non-hydrogen) atoms. The van der Waals surface area contributed by atoms with Crippen LogP contribution in [0.15, 0.2) is 60.7 Å². The van der Waals surface area contributed by atoms with Crippen molar-refractivity contribution in [2.24, 2.45) is 5.92 Å². The van der Waals surface area contributed by atoms with Crippen molar-refractivity contribution in [3.8, 4) is 0 Å². The summed E-state index contributed by atoms with van der Waals surface area (Å²) in [5.74, 6) is -0.290. The molecule has 0 amide bonds. The normalized spacial score (nSPS) is 13.9. The number of carbonyl (C=O) groups excluding carboxylic acids is 1. The second-order valence-electron chi connectivity index (χ2n) is 7.45. The fraction of sp³-hybridized carbons (Fsp3) is 0.435. The van der Waals surface area contributed by atoms with E-state index in [1.54, 1.807) is 0 Å². The molecule has 1 radical (unpaired) electrons. The fourth-order valence-corrected chi connectivity index (χ4v) is 4.88. The highest BCUT2D eigenvalue weighted by molar-refractivity contribution is 7.54. The van der Waals surface area contributed by atoms with Crippen LogP contribution < -0.4 is 5.32 Å². The van der Waals surface area contributed by atoms with Crippen LogP contribution in [0.3, 0.4) is 0 Å². The Morgan fingerprint density at radius 3 is 1.79 bits per heavy atom. The standard InChI is InChI=1S/C23H31NO4P/c1-4-23(24-22(16-25)15-19(2)3)29(26,27-17-20-11-7-5-8-12-20)28-18-21-13-9-6-10-14-21/h5-14,19,22-24H,4,15,17-18H2,1-3H3/t22-,23+/m0/s1. The third kappa shape index (κ3) is 7.87. The van der Waals surface area contributed by atoms with Gasteiger partial charge in [0.05, 0.1) is 19.3 Å². The summed E-state index contributed by atoms with van der Waals surface area (Å²) >= 11 is 0. The lowest BCUT2D eigenvalue weighted by Gasteiger charge is -2.29. The van der Waals surface area contributed by atoms with Gasteiger partial charge in [-0.3, -0.25) is 14.7 Å². The Bertz CT molecular complexity index is 719. The molecule has 2 aromatic rings. The molecule has 0 aliphatic carbocycles. The van der Waals surface area contributed by atoms with Crippen molar-refractivity contribution in [1.29, 1.82) is 0 Å². The summed E-state index contributed by atoms with van der Waals surface area (Å²) in [5, 5.41) is 3.16. The Kier molecular flexibility index (Phi) is 9.75. The maximum absolute atomic E-state index is 13.8. The number of benzene rings is 2. The number of rotatable bonds is 13. The van der Waals surface area contributed by atoms with Crippen LogP contribution in [0.1, 0.15) is 44.7 Å². The van der Waals surface area contributed by atoms with E-state index < -0.39 is 19.4 Å². The second kappa shape index (κ2) is 12.0. The van der Waals surface area contributed by atoms with E-state index in [-0.39, 0.29) is 13.2 Å². The van der Waals surface area contributed by atoms with Gasteiger partial charge in [0.2, 0.25) is 6.29 Å². The summed E-state index contributed by atoms with van der Waals surface area (Å²) in [7, 11) is -3.56. The van der Waals surface area contributed by atoms with E-state index in [4.69, 9.17) is 9.05 Å². The molecule has 2 atom stereocenters. The van der Waals surface area contributed by atoms with Crippen molar-refractivity contribution >= 4 is 13.9 Å². The summed E-state index contributed by atoms with van der Waals surface area (Å²) in [6.45, 7) is 6.31. The van der Waals surface area contributed by atoms with Crippen molar-refractivity contribution in [1.82, 2.24) is 5.32 Å². The smallest absolute Gasteiger partial charge is 0.303 e. The van der Waals surface area contributed by atoms with Gasteiger partial charge in [0.15, 0.2) is 0 Å². The minimum atomic E-state index is -3.56. The van der Waals surface area contributed by atoms with Gasteiger partial charge >= 0.3 is 7.60 Å². The first-order valence-electron chi connectivity index (χ1n) is 10.1. The maximum Gasteiger partial charge on any atom is 0.348 e. The van der Waals surface area contributed by atoms with Gasteiger partial charge in [0.25, 0.3) is 0 Å². The zero-order valence-corrected chi connectivity index (χ0v) is 18.3. The van der Waals surface area contributed by atoms with Gasteiger partial charge in [-0.05, 0) is 29.9 Å². The molecule has 0 bridgehead atoms. The Hall–Kier alpha value is -1.78. The van der Waals surface area contributed by atoms with Crippen molar-refractivity contribution in [2.75, 3.05) is 0 Å². The zero-order chi connectivity index (χ0) is 21.1. The molecule has 0 aromatic heterocycles. The highest BCUT2D eigenvalue weighted by Gasteiger charge is 2.36. The monoisotopic (exact) mass is 416 g/mol. The lowest BCUT2D eigenvalue weighted by Crippen LogP contribution is -2.40. The largest absolute Gasteiger partial charge is 0.348 e. The quantitative estimate of drug-likeness (QED) is 0.439. The van der Waals surface area contributed by atoms with Gasteiger partial charge in [0, 0.05) is 0 Å². The molecule has 5 nitrogen and oxygen atoms in total. The van der Waals surface area contributed by atoms with Crippen LogP contribution in [0.2, 0.25) is 0 Å². The van der Waals surface area contributed by atoms with E-state index in [2.05, 4.69) is 5.32 Å². The predicted octanol–water partition coefficient (Wildman–Crippen LogP) is 5.46. The molecule has 0 aliphatic rings. The maximum atomic E-state index is 13.8. The van der Waals surface area contributed by atoms with Gasteiger partial charge in [-0.2, -0.15) is 0 Å². The van der Waals surface area contributed by atoms with Crippen LogP contribution in [0.5, 0.6) is 0 Å². The molecule has 1 N–H and O–H groups in total. The van der Waals surface area contributed by atoms with E-state index in [1.165, 1.54) is 0 Å². The molecule has 6 heteroatoms. The molecule has 0 spiro atoms. The van der Waals surface area contributed by atoms with Crippen LogP contribution >= 0.6 is 7.60 Å². The number of hydrogen-bond acceptors (Lipinski definition) is 5. The van der Waals surface area contributed by atoms with Gasteiger partial charge in [-0.1, -0.05) is 81.4 Å². The average Bonchev–Trinajstić information content (AvgIpc) is 2.75. The third-order valence-corrected chi connectivity index (χ3v) is 6.77. The van der Waals surface area contributed by atoms with Crippen LogP contribution in [0.25, 0.3) is 0 Å². The van der Waals surface area contributed by atoms with Crippen LogP contribution in [0.4, 0.5) is 0 Å². The third-order valence-electron chi connectivity index (χ3n) is 4.52. The SMILES string of the molecule is CC[C@H](N[C@H]([C]=O)CC(C)C)P(=O)(OCc1ccccc1)OCc1ccccc1. The number of nitrogens with one attached hydrogen (secondary N) is 1. The first-order valence-corrected chi connectivity index (χ1v) is 11.7. The van der Waals surface area contributed by atoms with Gasteiger partial charge < -0.3 is 9.05 Å². The molecule has 0 saturated carbocycles. The Morgan fingerprint density at radius 2 is 1.41 bits per heavy atom. The Labute approximate surface area is 174 Å². The van der Waals surface area contributed by atoms with Gasteiger partial charge in [-0.25, -0.2) is 0 Å². The first kappa shape index (κ1) is 23.5. The molecule has 0 saturated heterocycles. The van der Waals surface area contributed by atoms with E-state index in [9.17, 15) is 9.36 Å². The second-order valence-corrected chi connectivity index (χ2v) is 9.67. The number of hydrogen-bond donors (Lipinski definition) is 1. The topological polar surface area (TPSA) is 64.6 Å². The summed E-state index contributed by atoms with van der Waals surface area (Å²) in [6.07, 6.45) is 3.13. The molecule has 0 fully saturated rings. The summed E-state index contributed by atoms with van der Waals surface area (Å²) in [4.78, 5) is 11.4.